The molecule has 4 rings (SSSR count). The highest BCUT2D eigenvalue weighted by Crippen LogP contribution is 2.32. The topological polar surface area (TPSA) is 54.6 Å². The Balaban J connectivity index is 1.54. The standard InChI is InChI=1S/C21H14BrClN2O2S/c1-12-2-5-14(6-3-12)24-21-25-20(26)19(28-21)11-15-7-9-18(27-15)13-4-8-16(22)17(23)10-13/h2-11H,1H3,(H,24,25,26)/b19-11+. The fourth-order valence-corrected chi connectivity index (χ4v) is 3.83. The van der Waals surface area contributed by atoms with Gasteiger partial charge in [-0.25, -0.2) is 4.99 Å². The van der Waals surface area contributed by atoms with Crippen LogP contribution < -0.4 is 5.32 Å². The Morgan fingerprint density at radius 2 is 1.93 bits per heavy atom. The van der Waals surface area contributed by atoms with Crippen LogP contribution in [0.3, 0.4) is 0 Å². The summed E-state index contributed by atoms with van der Waals surface area (Å²) in [5.74, 6) is 1.07. The van der Waals surface area contributed by atoms with E-state index in [1.165, 1.54) is 11.8 Å². The number of aryl methyl sites for hydroxylation is 1. The average molecular weight is 474 g/mol. The third-order valence-corrected chi connectivity index (χ3v) is 6.16. The SMILES string of the molecule is Cc1ccc(N=C2NC(=O)/C(=C\c3ccc(-c4ccc(Br)c(Cl)c4)o3)S2)cc1. The summed E-state index contributed by atoms with van der Waals surface area (Å²) >= 11 is 10.8. The zero-order chi connectivity index (χ0) is 19.7. The van der Waals surface area contributed by atoms with Gasteiger partial charge in [0.1, 0.15) is 11.5 Å². The lowest BCUT2D eigenvalue weighted by atomic mass is 10.2. The van der Waals surface area contributed by atoms with E-state index < -0.39 is 0 Å². The van der Waals surface area contributed by atoms with Gasteiger partial charge in [-0.05, 0) is 71.0 Å². The van der Waals surface area contributed by atoms with Crippen LogP contribution >= 0.6 is 39.3 Å². The molecule has 28 heavy (non-hydrogen) atoms. The third-order valence-electron chi connectivity index (χ3n) is 4.02. The van der Waals surface area contributed by atoms with E-state index in [0.29, 0.717) is 26.6 Å². The van der Waals surface area contributed by atoms with E-state index in [-0.39, 0.29) is 5.91 Å². The summed E-state index contributed by atoms with van der Waals surface area (Å²) in [6.45, 7) is 2.02. The summed E-state index contributed by atoms with van der Waals surface area (Å²) in [7, 11) is 0. The van der Waals surface area contributed by atoms with Crippen molar-refractivity contribution in [1.29, 1.82) is 0 Å². The molecule has 1 aliphatic heterocycles. The average Bonchev–Trinajstić information content (AvgIpc) is 3.27. The monoisotopic (exact) mass is 472 g/mol. The van der Waals surface area contributed by atoms with E-state index in [4.69, 9.17) is 16.0 Å². The van der Waals surface area contributed by atoms with E-state index in [1.807, 2.05) is 61.5 Å². The summed E-state index contributed by atoms with van der Waals surface area (Å²) in [6.07, 6.45) is 1.71. The summed E-state index contributed by atoms with van der Waals surface area (Å²) < 4.78 is 6.68. The molecular formula is C21H14BrClN2O2S. The number of carbonyl (C=O) groups excluding carboxylic acids is 1. The van der Waals surface area contributed by atoms with Crippen molar-refractivity contribution in [2.45, 2.75) is 6.92 Å². The van der Waals surface area contributed by atoms with Gasteiger partial charge in [0.15, 0.2) is 5.17 Å². The van der Waals surface area contributed by atoms with Crippen molar-refractivity contribution in [2.24, 2.45) is 4.99 Å². The molecular weight excluding hydrogens is 460 g/mol. The maximum Gasteiger partial charge on any atom is 0.264 e. The Morgan fingerprint density at radius 1 is 1.14 bits per heavy atom. The number of carbonyl (C=O) groups is 1. The molecule has 0 atom stereocenters. The number of benzene rings is 2. The quantitative estimate of drug-likeness (QED) is 0.438. The molecule has 1 aliphatic rings. The summed E-state index contributed by atoms with van der Waals surface area (Å²) in [5.41, 5.74) is 2.82. The van der Waals surface area contributed by atoms with Crippen LogP contribution in [0, 0.1) is 6.92 Å². The third kappa shape index (κ3) is 4.24. The Morgan fingerprint density at radius 3 is 2.68 bits per heavy atom. The van der Waals surface area contributed by atoms with E-state index in [2.05, 4.69) is 26.2 Å². The number of hydrogen-bond donors (Lipinski definition) is 1. The van der Waals surface area contributed by atoms with Gasteiger partial charge in [-0.3, -0.25) is 4.79 Å². The molecule has 1 N–H and O–H groups in total. The second kappa shape index (κ2) is 7.99. The maximum absolute atomic E-state index is 12.2. The van der Waals surface area contributed by atoms with Crippen LogP contribution in [-0.2, 0) is 4.79 Å². The number of nitrogens with zero attached hydrogens (tertiary/aromatic N) is 1. The Bertz CT molecular complexity index is 1120. The molecule has 1 aromatic heterocycles. The summed E-state index contributed by atoms with van der Waals surface area (Å²) in [4.78, 5) is 17.2. The molecule has 2 aromatic carbocycles. The van der Waals surface area contributed by atoms with Crippen LogP contribution in [0.1, 0.15) is 11.3 Å². The van der Waals surface area contributed by atoms with E-state index >= 15 is 0 Å². The molecule has 4 nitrogen and oxygen atoms in total. The van der Waals surface area contributed by atoms with Gasteiger partial charge in [0.05, 0.1) is 15.6 Å². The van der Waals surface area contributed by atoms with E-state index in [9.17, 15) is 4.79 Å². The lowest BCUT2D eigenvalue weighted by molar-refractivity contribution is -0.115. The van der Waals surface area contributed by atoms with Crippen LogP contribution in [0.15, 0.2) is 73.4 Å². The molecule has 3 aromatic rings. The van der Waals surface area contributed by atoms with Gasteiger partial charge in [0.2, 0.25) is 0 Å². The zero-order valence-corrected chi connectivity index (χ0v) is 17.9. The Kier molecular flexibility index (Phi) is 5.44. The largest absolute Gasteiger partial charge is 0.457 e. The highest BCUT2D eigenvalue weighted by Gasteiger charge is 2.24. The van der Waals surface area contributed by atoms with Crippen molar-refractivity contribution in [3.8, 4) is 11.3 Å². The number of aliphatic imine (C=N–C) groups is 1. The number of furan rings is 1. The van der Waals surface area contributed by atoms with Crippen LogP contribution in [0.4, 0.5) is 5.69 Å². The minimum atomic E-state index is -0.194. The van der Waals surface area contributed by atoms with Gasteiger partial charge in [-0.1, -0.05) is 35.4 Å². The van der Waals surface area contributed by atoms with Crippen LogP contribution in [0.5, 0.6) is 0 Å². The second-order valence-electron chi connectivity index (χ2n) is 6.15. The van der Waals surface area contributed by atoms with Gasteiger partial charge in [0.25, 0.3) is 5.91 Å². The number of amides is 1. The number of halogens is 2. The molecule has 1 amide bonds. The number of hydrogen-bond acceptors (Lipinski definition) is 4. The van der Waals surface area contributed by atoms with Crippen molar-refractivity contribution in [2.75, 3.05) is 0 Å². The highest BCUT2D eigenvalue weighted by atomic mass is 79.9. The first-order valence-corrected chi connectivity index (χ1v) is 10.4. The second-order valence-corrected chi connectivity index (χ2v) is 8.44. The Labute approximate surface area is 179 Å². The predicted molar refractivity (Wildman–Crippen MR) is 119 cm³/mol. The smallest absolute Gasteiger partial charge is 0.264 e. The fourth-order valence-electron chi connectivity index (χ4n) is 2.58. The lowest BCUT2D eigenvalue weighted by Crippen LogP contribution is -2.19. The van der Waals surface area contributed by atoms with Gasteiger partial charge < -0.3 is 9.73 Å². The number of amidine groups is 1. The molecule has 0 saturated carbocycles. The maximum atomic E-state index is 12.2. The van der Waals surface area contributed by atoms with Crippen molar-refractivity contribution in [3.05, 3.63) is 80.3 Å². The molecule has 0 aliphatic carbocycles. The fraction of sp³-hybridized carbons (Fsp3) is 0.0476. The molecule has 0 bridgehead atoms. The molecule has 0 unspecified atom stereocenters. The molecule has 0 spiro atoms. The Hall–Kier alpha value is -2.28. The first kappa shape index (κ1) is 19.1. The number of thioether (sulfide) groups is 1. The van der Waals surface area contributed by atoms with Crippen molar-refractivity contribution in [1.82, 2.24) is 5.32 Å². The van der Waals surface area contributed by atoms with E-state index in [1.54, 1.807) is 6.08 Å². The summed E-state index contributed by atoms with van der Waals surface area (Å²) in [6, 6.07) is 17.1. The molecule has 7 heteroatoms. The van der Waals surface area contributed by atoms with Gasteiger partial charge in [-0.2, -0.15) is 0 Å². The predicted octanol–water partition coefficient (Wildman–Crippen LogP) is 6.56. The van der Waals surface area contributed by atoms with Gasteiger partial charge in [0, 0.05) is 16.1 Å². The normalized spacial score (nSPS) is 16.8. The van der Waals surface area contributed by atoms with Gasteiger partial charge >= 0.3 is 0 Å². The van der Waals surface area contributed by atoms with Gasteiger partial charge in [-0.15, -0.1) is 0 Å². The minimum absolute atomic E-state index is 0.194. The molecule has 1 saturated heterocycles. The number of nitrogens with one attached hydrogen (secondary N) is 1. The highest BCUT2D eigenvalue weighted by molar-refractivity contribution is 9.10. The minimum Gasteiger partial charge on any atom is -0.457 e. The lowest BCUT2D eigenvalue weighted by Gasteiger charge is -1.99. The summed E-state index contributed by atoms with van der Waals surface area (Å²) in [5, 5.41) is 3.94. The number of rotatable bonds is 3. The van der Waals surface area contributed by atoms with Crippen molar-refractivity contribution < 1.29 is 9.21 Å². The van der Waals surface area contributed by atoms with Crippen molar-refractivity contribution in [3.63, 3.8) is 0 Å². The molecule has 1 fully saturated rings. The molecule has 0 radical (unpaired) electrons. The van der Waals surface area contributed by atoms with Crippen LogP contribution in [-0.4, -0.2) is 11.1 Å². The first-order chi connectivity index (χ1) is 13.5. The zero-order valence-electron chi connectivity index (χ0n) is 14.7. The van der Waals surface area contributed by atoms with Crippen molar-refractivity contribution >= 4 is 62.1 Å². The molecule has 140 valence electrons. The molecule has 2 heterocycles. The van der Waals surface area contributed by atoms with Crippen LogP contribution in [0.25, 0.3) is 17.4 Å². The van der Waals surface area contributed by atoms with Crippen LogP contribution in [0.2, 0.25) is 5.02 Å². The first-order valence-electron chi connectivity index (χ1n) is 8.39. The van der Waals surface area contributed by atoms with E-state index in [0.717, 1.165) is 21.3 Å².